The van der Waals surface area contributed by atoms with Gasteiger partial charge >= 0.3 is 0 Å². The number of methoxy groups -OCH3 is 1. The minimum atomic E-state index is 0.568. The Hall–Kier alpha value is -2.10. The molecule has 2 aromatic rings. The second kappa shape index (κ2) is 4.82. The number of benzene rings is 1. The summed E-state index contributed by atoms with van der Waals surface area (Å²) in [7, 11) is 1.67. The molecule has 0 amide bonds. The molecule has 0 aliphatic rings. The molecule has 1 heterocycles. The zero-order chi connectivity index (χ0) is 12.3. The topological polar surface area (TPSA) is 61.0 Å². The van der Waals surface area contributed by atoms with E-state index >= 15 is 0 Å². The van der Waals surface area contributed by atoms with Gasteiger partial charge in [-0.1, -0.05) is 6.92 Å². The van der Waals surface area contributed by atoms with E-state index in [2.05, 4.69) is 16.9 Å². The normalized spacial score (nSPS) is 10.2. The summed E-state index contributed by atoms with van der Waals surface area (Å²) >= 11 is 0. The van der Waals surface area contributed by atoms with Crippen molar-refractivity contribution >= 4 is 5.69 Å². The third-order valence-corrected chi connectivity index (χ3v) is 2.59. The Morgan fingerprint density at radius 1 is 1.24 bits per heavy atom. The van der Waals surface area contributed by atoms with Crippen LogP contribution in [0.1, 0.15) is 12.5 Å². The highest BCUT2D eigenvalue weighted by molar-refractivity contribution is 5.59. The van der Waals surface area contributed by atoms with Crippen LogP contribution in [0.5, 0.6) is 5.75 Å². The highest BCUT2D eigenvalue weighted by Crippen LogP contribution is 2.24. The molecular weight excluding hydrogens is 214 g/mol. The maximum absolute atomic E-state index is 5.56. The third kappa shape index (κ3) is 2.36. The van der Waals surface area contributed by atoms with Crippen LogP contribution in [0.15, 0.2) is 30.6 Å². The zero-order valence-corrected chi connectivity index (χ0v) is 9.97. The molecule has 2 rings (SSSR count). The summed E-state index contributed by atoms with van der Waals surface area (Å²) in [5.74, 6) is 1.57. The van der Waals surface area contributed by atoms with E-state index in [1.165, 1.54) is 0 Å². The quantitative estimate of drug-likeness (QED) is 0.877. The van der Waals surface area contributed by atoms with Crippen molar-refractivity contribution in [3.8, 4) is 17.1 Å². The lowest BCUT2D eigenvalue weighted by molar-refractivity contribution is 0.410. The number of nitrogens with two attached hydrogens (primary N) is 1. The van der Waals surface area contributed by atoms with Gasteiger partial charge in [-0.05, 0) is 30.2 Å². The minimum Gasteiger partial charge on any atom is -0.496 e. The first kappa shape index (κ1) is 11.4. The van der Waals surface area contributed by atoms with E-state index in [-0.39, 0.29) is 0 Å². The van der Waals surface area contributed by atoms with Crippen molar-refractivity contribution in [2.45, 2.75) is 13.3 Å². The van der Waals surface area contributed by atoms with Gasteiger partial charge in [0, 0.05) is 5.56 Å². The Morgan fingerprint density at radius 2 is 1.94 bits per heavy atom. The minimum absolute atomic E-state index is 0.568. The Bertz CT molecular complexity index is 509. The standard InChI is InChI=1S/C13H15N3O/c1-3-9-6-10(4-5-12(9)17-2)13-15-7-11(14)8-16-13/h4-8H,3,14H2,1-2H3. The van der Waals surface area contributed by atoms with Gasteiger partial charge in [-0.2, -0.15) is 0 Å². The molecule has 0 radical (unpaired) electrons. The van der Waals surface area contributed by atoms with Crippen LogP contribution in [0, 0.1) is 0 Å². The van der Waals surface area contributed by atoms with Crippen LogP contribution in [-0.4, -0.2) is 17.1 Å². The van der Waals surface area contributed by atoms with Crippen LogP contribution in [0.3, 0.4) is 0 Å². The van der Waals surface area contributed by atoms with Gasteiger partial charge in [-0.15, -0.1) is 0 Å². The number of nitrogens with zero attached hydrogens (tertiary/aromatic N) is 2. The average Bonchev–Trinajstić information content (AvgIpc) is 2.39. The van der Waals surface area contributed by atoms with E-state index in [0.29, 0.717) is 11.5 Å². The van der Waals surface area contributed by atoms with Crippen LogP contribution in [0.4, 0.5) is 5.69 Å². The summed E-state index contributed by atoms with van der Waals surface area (Å²) in [4.78, 5) is 8.40. The smallest absolute Gasteiger partial charge is 0.159 e. The van der Waals surface area contributed by atoms with Crippen molar-refractivity contribution in [3.05, 3.63) is 36.2 Å². The van der Waals surface area contributed by atoms with Crippen LogP contribution < -0.4 is 10.5 Å². The number of nitrogen functional groups attached to an aromatic ring is 1. The highest BCUT2D eigenvalue weighted by atomic mass is 16.5. The van der Waals surface area contributed by atoms with Crippen molar-refractivity contribution in [1.29, 1.82) is 0 Å². The SMILES string of the molecule is CCc1cc(-c2ncc(N)cn2)ccc1OC. The Balaban J connectivity index is 2.42. The highest BCUT2D eigenvalue weighted by Gasteiger charge is 2.06. The number of ether oxygens (including phenoxy) is 1. The van der Waals surface area contributed by atoms with Gasteiger partial charge in [-0.25, -0.2) is 9.97 Å². The van der Waals surface area contributed by atoms with Gasteiger partial charge in [0.25, 0.3) is 0 Å². The molecule has 0 spiro atoms. The summed E-state index contributed by atoms with van der Waals surface area (Å²) in [6.07, 6.45) is 4.13. The fraction of sp³-hybridized carbons (Fsp3) is 0.231. The van der Waals surface area contributed by atoms with Gasteiger partial charge in [0.2, 0.25) is 0 Å². The molecule has 0 saturated heterocycles. The van der Waals surface area contributed by atoms with Crippen molar-refractivity contribution in [3.63, 3.8) is 0 Å². The van der Waals surface area contributed by atoms with Crippen molar-refractivity contribution in [1.82, 2.24) is 9.97 Å². The molecule has 0 saturated carbocycles. The summed E-state index contributed by atoms with van der Waals surface area (Å²) in [5.41, 5.74) is 8.25. The summed E-state index contributed by atoms with van der Waals surface area (Å²) < 4.78 is 5.29. The van der Waals surface area contributed by atoms with Gasteiger partial charge in [0.1, 0.15) is 5.75 Å². The first-order chi connectivity index (χ1) is 8.24. The molecule has 0 bridgehead atoms. The lowest BCUT2D eigenvalue weighted by atomic mass is 10.1. The second-order valence-electron chi connectivity index (χ2n) is 3.72. The summed E-state index contributed by atoms with van der Waals surface area (Å²) in [6.45, 7) is 2.09. The predicted molar refractivity (Wildman–Crippen MR) is 67.8 cm³/mol. The number of hydrogen-bond donors (Lipinski definition) is 1. The number of anilines is 1. The molecule has 1 aromatic heterocycles. The second-order valence-corrected chi connectivity index (χ2v) is 3.72. The van der Waals surface area contributed by atoms with E-state index in [9.17, 15) is 0 Å². The van der Waals surface area contributed by atoms with Crippen LogP contribution >= 0.6 is 0 Å². The molecule has 2 N–H and O–H groups in total. The Labute approximate surface area is 100 Å². The number of aromatic nitrogens is 2. The maximum Gasteiger partial charge on any atom is 0.159 e. The first-order valence-corrected chi connectivity index (χ1v) is 5.49. The van der Waals surface area contributed by atoms with Crippen molar-refractivity contribution in [2.24, 2.45) is 0 Å². The molecular formula is C13H15N3O. The average molecular weight is 229 g/mol. The predicted octanol–water partition coefficient (Wildman–Crippen LogP) is 2.30. The molecule has 88 valence electrons. The van der Waals surface area contributed by atoms with Crippen LogP contribution in [-0.2, 0) is 6.42 Å². The number of aryl methyl sites for hydroxylation is 1. The summed E-state index contributed by atoms with van der Waals surface area (Å²) in [5, 5.41) is 0. The third-order valence-electron chi connectivity index (χ3n) is 2.59. The molecule has 17 heavy (non-hydrogen) atoms. The summed E-state index contributed by atoms with van der Waals surface area (Å²) in [6, 6.07) is 5.93. The number of hydrogen-bond acceptors (Lipinski definition) is 4. The number of rotatable bonds is 3. The molecule has 1 aromatic carbocycles. The lowest BCUT2D eigenvalue weighted by Crippen LogP contribution is -1.95. The van der Waals surface area contributed by atoms with E-state index in [1.54, 1.807) is 19.5 Å². The van der Waals surface area contributed by atoms with Gasteiger partial charge in [-0.3, -0.25) is 0 Å². The molecule has 0 aliphatic carbocycles. The molecule has 0 unspecified atom stereocenters. The molecule has 0 aliphatic heterocycles. The molecule has 4 heteroatoms. The first-order valence-electron chi connectivity index (χ1n) is 5.49. The zero-order valence-electron chi connectivity index (χ0n) is 9.97. The van der Waals surface area contributed by atoms with Crippen LogP contribution in [0.2, 0.25) is 0 Å². The van der Waals surface area contributed by atoms with Crippen molar-refractivity contribution in [2.75, 3.05) is 12.8 Å². The lowest BCUT2D eigenvalue weighted by Gasteiger charge is -2.08. The fourth-order valence-electron chi connectivity index (χ4n) is 1.68. The van der Waals surface area contributed by atoms with Gasteiger partial charge < -0.3 is 10.5 Å². The van der Waals surface area contributed by atoms with E-state index < -0.39 is 0 Å². The van der Waals surface area contributed by atoms with Crippen LogP contribution in [0.25, 0.3) is 11.4 Å². The maximum atomic E-state index is 5.56. The fourth-order valence-corrected chi connectivity index (χ4v) is 1.68. The molecule has 4 nitrogen and oxygen atoms in total. The van der Waals surface area contributed by atoms with E-state index in [1.807, 2.05) is 18.2 Å². The van der Waals surface area contributed by atoms with E-state index in [0.717, 1.165) is 23.3 Å². The Morgan fingerprint density at radius 3 is 2.53 bits per heavy atom. The molecule has 0 fully saturated rings. The largest absolute Gasteiger partial charge is 0.496 e. The van der Waals surface area contributed by atoms with E-state index in [4.69, 9.17) is 10.5 Å². The Kier molecular flexibility index (Phi) is 3.23. The van der Waals surface area contributed by atoms with Gasteiger partial charge in [0.15, 0.2) is 5.82 Å². The van der Waals surface area contributed by atoms with Crippen molar-refractivity contribution < 1.29 is 4.74 Å². The molecule has 0 atom stereocenters. The van der Waals surface area contributed by atoms with Gasteiger partial charge in [0.05, 0.1) is 25.2 Å². The monoisotopic (exact) mass is 229 g/mol.